The molecule has 0 aliphatic rings. The van der Waals surface area contributed by atoms with E-state index in [2.05, 4.69) is 29.5 Å². The van der Waals surface area contributed by atoms with Gasteiger partial charge in [-0.3, -0.25) is 4.79 Å². The number of carbonyl (C=O) groups is 1. The SMILES string of the molecule is CCCN(C)c1ccc(C(=O)NCCNC)cc1. The van der Waals surface area contributed by atoms with Crippen molar-refractivity contribution < 1.29 is 4.79 Å². The van der Waals surface area contributed by atoms with Crippen molar-refractivity contribution in [1.82, 2.24) is 10.6 Å². The summed E-state index contributed by atoms with van der Waals surface area (Å²) in [5, 5.41) is 5.85. The summed E-state index contributed by atoms with van der Waals surface area (Å²) in [5.74, 6) is -0.0186. The monoisotopic (exact) mass is 249 g/mol. The molecule has 1 aromatic carbocycles. The van der Waals surface area contributed by atoms with Gasteiger partial charge in [0, 0.05) is 37.9 Å². The summed E-state index contributed by atoms with van der Waals surface area (Å²) in [6, 6.07) is 7.72. The second kappa shape index (κ2) is 7.71. The van der Waals surface area contributed by atoms with Crippen molar-refractivity contribution in [3.05, 3.63) is 29.8 Å². The molecule has 0 spiro atoms. The molecule has 0 aliphatic carbocycles. The Morgan fingerprint density at radius 2 is 1.89 bits per heavy atom. The highest BCUT2D eigenvalue weighted by Crippen LogP contribution is 2.13. The van der Waals surface area contributed by atoms with Gasteiger partial charge in [-0.15, -0.1) is 0 Å². The molecule has 4 heteroatoms. The topological polar surface area (TPSA) is 44.4 Å². The lowest BCUT2D eigenvalue weighted by molar-refractivity contribution is 0.0954. The number of likely N-dealkylation sites (N-methyl/N-ethyl adjacent to an activating group) is 1. The van der Waals surface area contributed by atoms with Crippen LogP contribution in [-0.2, 0) is 0 Å². The number of rotatable bonds is 7. The van der Waals surface area contributed by atoms with Crippen LogP contribution in [-0.4, -0.2) is 39.6 Å². The fraction of sp³-hybridized carbons (Fsp3) is 0.500. The minimum Gasteiger partial charge on any atom is -0.375 e. The number of carbonyl (C=O) groups excluding carboxylic acids is 1. The van der Waals surface area contributed by atoms with Crippen LogP contribution in [0.3, 0.4) is 0 Å². The minimum atomic E-state index is -0.0186. The maximum absolute atomic E-state index is 11.8. The van der Waals surface area contributed by atoms with Crippen molar-refractivity contribution >= 4 is 11.6 Å². The Morgan fingerprint density at radius 3 is 2.44 bits per heavy atom. The third kappa shape index (κ3) is 4.37. The minimum absolute atomic E-state index is 0.0186. The highest BCUT2D eigenvalue weighted by molar-refractivity contribution is 5.94. The predicted octanol–water partition coefficient (Wildman–Crippen LogP) is 1.48. The van der Waals surface area contributed by atoms with Crippen molar-refractivity contribution in [2.45, 2.75) is 13.3 Å². The fourth-order valence-corrected chi connectivity index (χ4v) is 1.73. The summed E-state index contributed by atoms with van der Waals surface area (Å²) in [6.07, 6.45) is 1.11. The Hall–Kier alpha value is -1.55. The molecule has 1 amide bonds. The van der Waals surface area contributed by atoms with E-state index in [1.165, 1.54) is 0 Å². The third-order valence-electron chi connectivity index (χ3n) is 2.79. The third-order valence-corrected chi connectivity index (χ3v) is 2.79. The maximum Gasteiger partial charge on any atom is 0.251 e. The zero-order chi connectivity index (χ0) is 13.4. The van der Waals surface area contributed by atoms with Crippen LogP contribution in [0.4, 0.5) is 5.69 Å². The van der Waals surface area contributed by atoms with Crippen molar-refractivity contribution in [2.75, 3.05) is 38.6 Å². The van der Waals surface area contributed by atoms with Crippen LogP contribution < -0.4 is 15.5 Å². The molecular formula is C14H23N3O. The van der Waals surface area contributed by atoms with E-state index >= 15 is 0 Å². The lowest BCUT2D eigenvalue weighted by atomic mass is 10.2. The van der Waals surface area contributed by atoms with Gasteiger partial charge >= 0.3 is 0 Å². The zero-order valence-electron chi connectivity index (χ0n) is 11.5. The Labute approximate surface area is 109 Å². The molecule has 0 aliphatic heterocycles. The molecule has 0 unspecified atom stereocenters. The smallest absolute Gasteiger partial charge is 0.251 e. The van der Waals surface area contributed by atoms with E-state index in [0.29, 0.717) is 12.1 Å². The van der Waals surface area contributed by atoms with Crippen molar-refractivity contribution in [1.29, 1.82) is 0 Å². The van der Waals surface area contributed by atoms with Gasteiger partial charge in [-0.2, -0.15) is 0 Å². The first-order chi connectivity index (χ1) is 8.69. The number of amides is 1. The molecule has 0 aromatic heterocycles. The number of hydrogen-bond acceptors (Lipinski definition) is 3. The number of anilines is 1. The summed E-state index contributed by atoms with van der Waals surface area (Å²) in [6.45, 7) is 4.60. The van der Waals surface area contributed by atoms with Gasteiger partial charge in [-0.25, -0.2) is 0 Å². The van der Waals surface area contributed by atoms with Crippen LogP contribution in [0.5, 0.6) is 0 Å². The van der Waals surface area contributed by atoms with Crippen LogP contribution in [0.15, 0.2) is 24.3 Å². The standard InChI is InChI=1S/C14H23N3O/c1-4-11-17(3)13-7-5-12(6-8-13)14(18)16-10-9-15-2/h5-8,15H,4,9-11H2,1-3H3,(H,16,18). The molecule has 0 saturated carbocycles. The summed E-state index contributed by atoms with van der Waals surface area (Å²) < 4.78 is 0. The van der Waals surface area contributed by atoms with Crippen molar-refractivity contribution in [3.63, 3.8) is 0 Å². The molecule has 18 heavy (non-hydrogen) atoms. The maximum atomic E-state index is 11.8. The van der Waals surface area contributed by atoms with Gasteiger partial charge in [0.25, 0.3) is 5.91 Å². The molecule has 1 aromatic rings. The van der Waals surface area contributed by atoms with E-state index in [1.54, 1.807) is 0 Å². The van der Waals surface area contributed by atoms with Crippen LogP contribution in [0.25, 0.3) is 0 Å². The Kier molecular flexibility index (Phi) is 6.22. The first kappa shape index (κ1) is 14.5. The van der Waals surface area contributed by atoms with Gasteiger partial charge in [0.2, 0.25) is 0 Å². The normalized spacial score (nSPS) is 10.2. The first-order valence-corrected chi connectivity index (χ1v) is 6.43. The molecular weight excluding hydrogens is 226 g/mol. The average Bonchev–Trinajstić information content (AvgIpc) is 2.39. The van der Waals surface area contributed by atoms with E-state index in [9.17, 15) is 4.79 Å². The number of nitrogens with zero attached hydrogens (tertiary/aromatic N) is 1. The molecule has 0 radical (unpaired) electrons. The van der Waals surface area contributed by atoms with Gasteiger partial charge in [0.15, 0.2) is 0 Å². The quantitative estimate of drug-likeness (QED) is 0.720. The van der Waals surface area contributed by atoms with Crippen molar-refractivity contribution in [2.24, 2.45) is 0 Å². The Bertz CT molecular complexity index is 362. The lowest BCUT2D eigenvalue weighted by Gasteiger charge is -2.18. The summed E-state index contributed by atoms with van der Waals surface area (Å²) in [7, 11) is 3.93. The highest BCUT2D eigenvalue weighted by atomic mass is 16.1. The summed E-state index contributed by atoms with van der Waals surface area (Å²) >= 11 is 0. The Morgan fingerprint density at radius 1 is 1.22 bits per heavy atom. The van der Waals surface area contributed by atoms with Gasteiger partial charge in [0.1, 0.15) is 0 Å². The lowest BCUT2D eigenvalue weighted by Crippen LogP contribution is -2.30. The van der Waals surface area contributed by atoms with E-state index in [1.807, 2.05) is 31.3 Å². The van der Waals surface area contributed by atoms with Gasteiger partial charge < -0.3 is 15.5 Å². The number of nitrogens with one attached hydrogen (secondary N) is 2. The molecule has 0 saturated heterocycles. The number of benzene rings is 1. The largest absolute Gasteiger partial charge is 0.375 e. The summed E-state index contributed by atoms with van der Waals surface area (Å²) in [4.78, 5) is 14.0. The predicted molar refractivity (Wildman–Crippen MR) is 76.3 cm³/mol. The zero-order valence-corrected chi connectivity index (χ0v) is 11.5. The highest BCUT2D eigenvalue weighted by Gasteiger charge is 2.05. The molecule has 0 bridgehead atoms. The van der Waals surface area contributed by atoms with Gasteiger partial charge in [0.05, 0.1) is 0 Å². The van der Waals surface area contributed by atoms with E-state index in [0.717, 1.165) is 25.2 Å². The van der Waals surface area contributed by atoms with Gasteiger partial charge in [-0.1, -0.05) is 6.92 Å². The summed E-state index contributed by atoms with van der Waals surface area (Å²) in [5.41, 5.74) is 1.85. The van der Waals surface area contributed by atoms with Gasteiger partial charge in [-0.05, 0) is 37.7 Å². The molecule has 0 heterocycles. The molecule has 2 N–H and O–H groups in total. The average molecular weight is 249 g/mol. The molecule has 1 rings (SSSR count). The van der Waals surface area contributed by atoms with E-state index < -0.39 is 0 Å². The fourth-order valence-electron chi connectivity index (χ4n) is 1.73. The van der Waals surface area contributed by atoms with Crippen LogP contribution in [0.2, 0.25) is 0 Å². The first-order valence-electron chi connectivity index (χ1n) is 6.43. The number of hydrogen-bond donors (Lipinski definition) is 2. The van der Waals surface area contributed by atoms with Crippen molar-refractivity contribution in [3.8, 4) is 0 Å². The van der Waals surface area contributed by atoms with E-state index in [4.69, 9.17) is 0 Å². The second-order valence-corrected chi connectivity index (χ2v) is 4.33. The second-order valence-electron chi connectivity index (χ2n) is 4.33. The van der Waals surface area contributed by atoms with Crippen LogP contribution >= 0.6 is 0 Å². The Balaban J connectivity index is 2.56. The van der Waals surface area contributed by atoms with Crippen LogP contribution in [0.1, 0.15) is 23.7 Å². The molecule has 100 valence electrons. The van der Waals surface area contributed by atoms with Crippen LogP contribution in [0, 0.1) is 0 Å². The molecule has 0 fully saturated rings. The molecule has 4 nitrogen and oxygen atoms in total. The molecule has 0 atom stereocenters. The van der Waals surface area contributed by atoms with E-state index in [-0.39, 0.29) is 5.91 Å².